The topological polar surface area (TPSA) is 16.4 Å². The number of para-hydroxylation sites is 1. The van der Waals surface area contributed by atoms with Crippen molar-refractivity contribution in [2.75, 3.05) is 4.90 Å². The van der Waals surface area contributed by atoms with Gasteiger partial charge in [-0.3, -0.25) is 0 Å². The van der Waals surface area contributed by atoms with E-state index in [9.17, 15) is 0 Å². The lowest BCUT2D eigenvalue weighted by atomic mass is 9.67. The number of hydrogen-bond acceptors (Lipinski definition) is 2. The van der Waals surface area contributed by atoms with Crippen LogP contribution < -0.4 is 4.90 Å². The molecule has 2 heteroatoms. The number of furan rings is 1. The predicted octanol–water partition coefficient (Wildman–Crippen LogP) is 14.2. The van der Waals surface area contributed by atoms with E-state index in [4.69, 9.17) is 4.42 Å². The number of anilines is 3. The average molecular weight is 702 g/mol. The fraction of sp³-hybridized carbons (Fsp3) is 0.0189. The Kier molecular flexibility index (Phi) is 7.11. The Labute approximate surface area is 320 Å². The highest BCUT2D eigenvalue weighted by molar-refractivity contribution is 6.23. The molecule has 0 radical (unpaired) electrons. The molecule has 0 atom stereocenters. The Bertz CT molecular complexity index is 2980. The first-order chi connectivity index (χ1) is 27.3. The van der Waals surface area contributed by atoms with Crippen molar-refractivity contribution in [3.05, 3.63) is 235 Å². The number of nitrogens with zero attached hydrogens (tertiary/aromatic N) is 1. The maximum Gasteiger partial charge on any atom is 0.143 e. The third-order valence-corrected chi connectivity index (χ3v) is 11.5. The summed E-state index contributed by atoms with van der Waals surface area (Å²) in [4.78, 5) is 2.39. The maximum absolute atomic E-state index is 6.80. The minimum atomic E-state index is -0.496. The lowest BCUT2D eigenvalue weighted by molar-refractivity contribution is 0.670. The van der Waals surface area contributed by atoms with E-state index < -0.39 is 5.41 Å². The van der Waals surface area contributed by atoms with E-state index in [2.05, 4.69) is 217 Å². The molecule has 0 unspecified atom stereocenters. The lowest BCUT2D eigenvalue weighted by Crippen LogP contribution is -2.28. The summed E-state index contributed by atoms with van der Waals surface area (Å²) in [6.07, 6.45) is 0. The highest BCUT2D eigenvalue weighted by Crippen LogP contribution is 2.57. The van der Waals surface area contributed by atoms with Crippen LogP contribution >= 0.6 is 0 Å². The van der Waals surface area contributed by atoms with Gasteiger partial charge in [-0.2, -0.15) is 0 Å². The summed E-state index contributed by atoms with van der Waals surface area (Å²) in [5.74, 6) is 0. The molecule has 11 rings (SSSR count). The van der Waals surface area contributed by atoms with Crippen molar-refractivity contribution in [2.45, 2.75) is 5.41 Å². The zero-order valence-corrected chi connectivity index (χ0v) is 30.1. The molecule has 2 nitrogen and oxygen atoms in total. The van der Waals surface area contributed by atoms with Gasteiger partial charge in [0, 0.05) is 33.4 Å². The molecule has 1 aliphatic carbocycles. The van der Waals surface area contributed by atoms with Gasteiger partial charge in [-0.15, -0.1) is 0 Å². The first-order valence-corrected chi connectivity index (χ1v) is 18.9. The molecule has 10 aromatic rings. The molecule has 9 aromatic carbocycles. The van der Waals surface area contributed by atoms with Crippen LogP contribution in [0.2, 0.25) is 0 Å². The third kappa shape index (κ3) is 4.75. The lowest BCUT2D eigenvalue weighted by Gasteiger charge is -2.35. The number of rotatable bonds is 6. The minimum absolute atomic E-state index is 0.496. The fourth-order valence-electron chi connectivity index (χ4n) is 9.18. The largest absolute Gasteiger partial charge is 0.455 e. The molecule has 0 saturated heterocycles. The molecule has 0 bridgehead atoms. The van der Waals surface area contributed by atoms with E-state index in [1.54, 1.807) is 0 Å². The summed E-state index contributed by atoms with van der Waals surface area (Å²) in [7, 11) is 0. The number of fused-ring (bicyclic) bond motifs is 8. The fourth-order valence-corrected chi connectivity index (χ4v) is 9.18. The molecular formula is C53H35NO. The van der Waals surface area contributed by atoms with Gasteiger partial charge in [0.1, 0.15) is 11.2 Å². The van der Waals surface area contributed by atoms with Gasteiger partial charge in [0.2, 0.25) is 0 Å². The SMILES string of the molecule is c1ccc(-c2cc3ccccc3c3c2oc2ccc(N(c4ccccc4)c4ccc5c(c4)C(c4ccccc4)(c4ccccc4)c4ccccc4-5)cc23)cc1. The molecule has 1 aromatic heterocycles. The van der Waals surface area contributed by atoms with Gasteiger partial charge in [-0.05, 0) is 98.2 Å². The van der Waals surface area contributed by atoms with E-state index in [-0.39, 0.29) is 0 Å². The molecule has 1 aliphatic rings. The van der Waals surface area contributed by atoms with Gasteiger partial charge in [0.05, 0.1) is 5.41 Å². The Balaban J connectivity index is 1.18. The van der Waals surface area contributed by atoms with Crippen molar-refractivity contribution in [2.24, 2.45) is 0 Å². The van der Waals surface area contributed by atoms with Crippen LogP contribution in [0.25, 0.3) is 55.0 Å². The standard InChI is InChI=1S/C53H35NO/c1-5-17-36(18-6-1)46-33-37-19-13-14-26-43(37)51-47-34-41(30-32-50(47)55-52(46)51)54(40-24-11-4-12-25-40)42-29-31-45-44-27-15-16-28-48(44)53(49(45)35-42,38-20-7-2-8-21-38)39-22-9-3-10-23-39/h1-35H. The second-order valence-electron chi connectivity index (χ2n) is 14.4. The van der Waals surface area contributed by atoms with Gasteiger partial charge in [0.25, 0.3) is 0 Å². The minimum Gasteiger partial charge on any atom is -0.455 e. The molecule has 0 aliphatic heterocycles. The molecule has 0 fully saturated rings. The van der Waals surface area contributed by atoms with Gasteiger partial charge in [-0.1, -0.05) is 164 Å². The zero-order valence-electron chi connectivity index (χ0n) is 30.1. The molecule has 55 heavy (non-hydrogen) atoms. The van der Waals surface area contributed by atoms with Crippen molar-refractivity contribution < 1.29 is 4.42 Å². The number of hydrogen-bond donors (Lipinski definition) is 0. The van der Waals surface area contributed by atoms with Gasteiger partial charge >= 0.3 is 0 Å². The van der Waals surface area contributed by atoms with Crippen LogP contribution in [0, 0.1) is 0 Å². The zero-order chi connectivity index (χ0) is 36.3. The highest BCUT2D eigenvalue weighted by atomic mass is 16.3. The molecule has 0 saturated carbocycles. The normalized spacial score (nSPS) is 12.9. The second-order valence-corrected chi connectivity index (χ2v) is 14.4. The predicted molar refractivity (Wildman–Crippen MR) is 229 cm³/mol. The summed E-state index contributed by atoms with van der Waals surface area (Å²) >= 11 is 0. The Morgan fingerprint density at radius 2 is 0.964 bits per heavy atom. The van der Waals surface area contributed by atoms with Gasteiger partial charge in [-0.25, -0.2) is 0 Å². The van der Waals surface area contributed by atoms with Gasteiger partial charge in [0.15, 0.2) is 0 Å². The van der Waals surface area contributed by atoms with Crippen molar-refractivity contribution >= 4 is 49.8 Å². The Hall–Kier alpha value is -7.16. The summed E-state index contributed by atoms with van der Waals surface area (Å²) < 4.78 is 6.80. The van der Waals surface area contributed by atoms with Crippen LogP contribution in [-0.2, 0) is 5.41 Å². The summed E-state index contributed by atoms with van der Waals surface area (Å²) in [5, 5.41) is 4.61. The van der Waals surface area contributed by atoms with Gasteiger partial charge < -0.3 is 9.32 Å². The Morgan fingerprint density at radius 3 is 1.71 bits per heavy atom. The summed E-state index contributed by atoms with van der Waals surface area (Å²) in [5.41, 5.74) is 14.4. The monoisotopic (exact) mass is 701 g/mol. The van der Waals surface area contributed by atoms with Crippen LogP contribution in [0.4, 0.5) is 17.1 Å². The molecule has 0 spiro atoms. The highest BCUT2D eigenvalue weighted by Gasteiger charge is 2.46. The molecular weight excluding hydrogens is 667 g/mol. The van der Waals surface area contributed by atoms with Crippen LogP contribution in [0.1, 0.15) is 22.3 Å². The Morgan fingerprint density at radius 1 is 0.382 bits per heavy atom. The van der Waals surface area contributed by atoms with E-state index in [0.29, 0.717) is 0 Å². The van der Waals surface area contributed by atoms with E-state index in [1.165, 1.54) is 44.2 Å². The van der Waals surface area contributed by atoms with Crippen molar-refractivity contribution in [1.29, 1.82) is 0 Å². The van der Waals surface area contributed by atoms with Crippen LogP contribution in [0.5, 0.6) is 0 Å². The smallest absolute Gasteiger partial charge is 0.143 e. The van der Waals surface area contributed by atoms with E-state index in [0.717, 1.165) is 50.1 Å². The number of benzene rings is 9. The molecule has 0 amide bonds. The summed E-state index contributed by atoms with van der Waals surface area (Å²) in [6, 6.07) is 76.9. The van der Waals surface area contributed by atoms with Crippen molar-refractivity contribution in [3.8, 4) is 22.3 Å². The third-order valence-electron chi connectivity index (χ3n) is 11.5. The van der Waals surface area contributed by atoms with Crippen LogP contribution in [0.3, 0.4) is 0 Å². The first-order valence-electron chi connectivity index (χ1n) is 18.9. The van der Waals surface area contributed by atoms with Crippen molar-refractivity contribution in [1.82, 2.24) is 0 Å². The maximum atomic E-state index is 6.80. The quantitative estimate of drug-likeness (QED) is 0.172. The van der Waals surface area contributed by atoms with Crippen LogP contribution in [-0.4, -0.2) is 0 Å². The van der Waals surface area contributed by atoms with E-state index >= 15 is 0 Å². The molecule has 1 heterocycles. The molecule has 258 valence electrons. The van der Waals surface area contributed by atoms with E-state index in [1.807, 2.05) is 0 Å². The second kappa shape index (κ2) is 12.5. The first kappa shape index (κ1) is 31.4. The van der Waals surface area contributed by atoms with Crippen LogP contribution in [0.15, 0.2) is 217 Å². The van der Waals surface area contributed by atoms with Crippen molar-refractivity contribution in [3.63, 3.8) is 0 Å². The molecule has 0 N–H and O–H groups in total. The summed E-state index contributed by atoms with van der Waals surface area (Å²) in [6.45, 7) is 0. The average Bonchev–Trinajstić information content (AvgIpc) is 3.79.